The van der Waals surface area contributed by atoms with Crippen LogP contribution in [-0.4, -0.2) is 32.3 Å². The first kappa shape index (κ1) is 19.8. The van der Waals surface area contributed by atoms with Crippen molar-refractivity contribution in [3.8, 4) is 22.0 Å². The van der Waals surface area contributed by atoms with E-state index in [0.717, 1.165) is 27.7 Å². The van der Waals surface area contributed by atoms with Gasteiger partial charge >= 0.3 is 0 Å². The maximum Gasteiger partial charge on any atom is 0.226 e. The second-order valence-electron chi connectivity index (χ2n) is 6.51. The molecule has 0 atom stereocenters. The van der Waals surface area contributed by atoms with Crippen molar-refractivity contribution in [3.63, 3.8) is 0 Å². The van der Waals surface area contributed by atoms with E-state index in [1.807, 2.05) is 71.5 Å². The van der Waals surface area contributed by atoms with Crippen LogP contribution in [0.5, 0.6) is 5.75 Å². The summed E-state index contributed by atoms with van der Waals surface area (Å²) in [5, 5.41) is 13.8. The first-order valence-corrected chi connectivity index (χ1v) is 10.5. The third kappa shape index (κ3) is 4.72. The molecule has 8 heteroatoms. The summed E-state index contributed by atoms with van der Waals surface area (Å²) in [6.07, 6.45) is 1.85. The first-order valence-electron chi connectivity index (χ1n) is 9.61. The number of ether oxygens (including phenoxy) is 1. The fourth-order valence-corrected chi connectivity index (χ4v) is 3.80. The largest absolute Gasteiger partial charge is 0.494 e. The number of aromatic nitrogens is 4. The van der Waals surface area contributed by atoms with E-state index in [1.165, 1.54) is 11.3 Å². The van der Waals surface area contributed by atoms with Gasteiger partial charge in [-0.3, -0.25) is 9.36 Å². The van der Waals surface area contributed by atoms with E-state index in [1.54, 1.807) is 6.33 Å². The van der Waals surface area contributed by atoms with Gasteiger partial charge in [0, 0.05) is 16.6 Å². The Labute approximate surface area is 178 Å². The maximum absolute atomic E-state index is 12.4. The number of para-hydroxylation sites is 1. The van der Waals surface area contributed by atoms with E-state index >= 15 is 0 Å². The highest BCUT2D eigenvalue weighted by atomic mass is 32.1. The van der Waals surface area contributed by atoms with Crippen LogP contribution in [0.4, 0.5) is 0 Å². The molecule has 0 aliphatic carbocycles. The van der Waals surface area contributed by atoms with Crippen molar-refractivity contribution in [1.29, 1.82) is 0 Å². The number of carbonyl (C=O) groups excluding carboxylic acids is 1. The normalized spacial score (nSPS) is 10.7. The van der Waals surface area contributed by atoms with Gasteiger partial charge in [-0.2, -0.15) is 0 Å². The molecule has 0 saturated heterocycles. The maximum atomic E-state index is 12.4. The predicted octanol–water partition coefficient (Wildman–Crippen LogP) is 3.65. The first-order chi connectivity index (χ1) is 14.7. The molecule has 4 aromatic rings. The zero-order valence-corrected chi connectivity index (χ0v) is 17.3. The second-order valence-corrected chi connectivity index (χ2v) is 7.37. The molecule has 0 fully saturated rings. The van der Waals surface area contributed by atoms with E-state index in [-0.39, 0.29) is 12.3 Å². The molecule has 0 radical (unpaired) electrons. The van der Waals surface area contributed by atoms with Crippen molar-refractivity contribution in [2.75, 3.05) is 6.61 Å². The number of thiazole rings is 1. The number of rotatable bonds is 8. The number of nitrogens with zero attached hydrogens (tertiary/aromatic N) is 4. The fraction of sp³-hybridized carbons (Fsp3) is 0.182. The summed E-state index contributed by atoms with van der Waals surface area (Å²) in [7, 11) is 0. The van der Waals surface area contributed by atoms with Gasteiger partial charge in [-0.15, -0.1) is 21.5 Å². The van der Waals surface area contributed by atoms with Crippen LogP contribution in [0.25, 0.3) is 16.3 Å². The Bertz CT molecular complexity index is 1110. The van der Waals surface area contributed by atoms with E-state index in [9.17, 15) is 4.79 Å². The van der Waals surface area contributed by atoms with Crippen LogP contribution in [0, 0.1) is 0 Å². The lowest BCUT2D eigenvalue weighted by molar-refractivity contribution is -0.120. The summed E-state index contributed by atoms with van der Waals surface area (Å²) in [6.45, 7) is 2.89. The van der Waals surface area contributed by atoms with Gasteiger partial charge in [0.2, 0.25) is 5.91 Å². The van der Waals surface area contributed by atoms with Gasteiger partial charge in [0.05, 0.1) is 25.3 Å². The fourth-order valence-electron chi connectivity index (χ4n) is 2.97. The Hall–Kier alpha value is -3.52. The van der Waals surface area contributed by atoms with Crippen LogP contribution in [-0.2, 0) is 17.8 Å². The molecular weight excluding hydrogens is 398 g/mol. The van der Waals surface area contributed by atoms with Crippen molar-refractivity contribution in [1.82, 2.24) is 25.1 Å². The van der Waals surface area contributed by atoms with Crippen LogP contribution in [0.1, 0.15) is 18.4 Å². The van der Waals surface area contributed by atoms with Crippen molar-refractivity contribution >= 4 is 17.2 Å². The zero-order valence-electron chi connectivity index (χ0n) is 16.5. The van der Waals surface area contributed by atoms with Crippen molar-refractivity contribution < 1.29 is 9.53 Å². The number of hydrogen-bond acceptors (Lipinski definition) is 6. The summed E-state index contributed by atoms with van der Waals surface area (Å²) < 4.78 is 7.32. The summed E-state index contributed by atoms with van der Waals surface area (Å²) in [6, 6.07) is 17.6. The molecule has 2 aromatic heterocycles. The lowest BCUT2D eigenvalue weighted by atomic mass is 10.2. The van der Waals surface area contributed by atoms with E-state index in [2.05, 4.69) is 20.5 Å². The van der Waals surface area contributed by atoms with Crippen LogP contribution in [0.15, 0.2) is 66.3 Å². The molecular formula is C22H21N5O2S. The number of hydrogen-bond donors (Lipinski definition) is 1. The molecule has 4 rings (SSSR count). The Morgan fingerprint density at radius 2 is 1.93 bits per heavy atom. The number of carbonyl (C=O) groups is 1. The van der Waals surface area contributed by atoms with Gasteiger partial charge in [-0.25, -0.2) is 4.98 Å². The average molecular weight is 420 g/mol. The summed E-state index contributed by atoms with van der Waals surface area (Å²) in [5.41, 5.74) is 2.70. The Balaban J connectivity index is 1.35. The molecule has 0 aliphatic heterocycles. The minimum absolute atomic E-state index is 0.110. The van der Waals surface area contributed by atoms with Crippen LogP contribution in [0.3, 0.4) is 0 Å². The Morgan fingerprint density at radius 1 is 1.13 bits per heavy atom. The molecule has 0 bridgehead atoms. The molecule has 30 heavy (non-hydrogen) atoms. The molecule has 0 unspecified atom stereocenters. The van der Waals surface area contributed by atoms with Gasteiger partial charge in [0.1, 0.15) is 17.1 Å². The van der Waals surface area contributed by atoms with Crippen LogP contribution in [0.2, 0.25) is 0 Å². The smallest absolute Gasteiger partial charge is 0.226 e. The number of amides is 1. The van der Waals surface area contributed by atoms with Crippen molar-refractivity contribution in [3.05, 3.63) is 77.8 Å². The molecule has 0 aliphatic rings. The number of benzene rings is 2. The topological polar surface area (TPSA) is 81.9 Å². The number of nitrogens with one attached hydrogen (secondary N) is 1. The quantitative estimate of drug-likeness (QED) is 0.471. The lowest BCUT2D eigenvalue weighted by Crippen LogP contribution is -2.26. The molecule has 2 aromatic carbocycles. The third-order valence-corrected chi connectivity index (χ3v) is 5.34. The molecule has 0 saturated carbocycles. The van der Waals surface area contributed by atoms with Crippen molar-refractivity contribution in [2.45, 2.75) is 19.9 Å². The zero-order chi connectivity index (χ0) is 20.8. The minimum Gasteiger partial charge on any atom is -0.494 e. The predicted molar refractivity (Wildman–Crippen MR) is 116 cm³/mol. The Morgan fingerprint density at radius 3 is 2.70 bits per heavy atom. The monoisotopic (exact) mass is 419 g/mol. The van der Waals surface area contributed by atoms with Crippen LogP contribution >= 0.6 is 11.3 Å². The highest BCUT2D eigenvalue weighted by Crippen LogP contribution is 2.26. The molecule has 1 amide bonds. The summed E-state index contributed by atoms with van der Waals surface area (Å²) >= 11 is 1.52. The van der Waals surface area contributed by atoms with Gasteiger partial charge in [0.15, 0.2) is 5.82 Å². The van der Waals surface area contributed by atoms with Crippen molar-refractivity contribution in [2.24, 2.45) is 0 Å². The van der Waals surface area contributed by atoms with Gasteiger partial charge < -0.3 is 10.1 Å². The van der Waals surface area contributed by atoms with E-state index < -0.39 is 0 Å². The highest BCUT2D eigenvalue weighted by molar-refractivity contribution is 7.13. The molecule has 0 spiro atoms. The molecule has 1 N–H and O–H groups in total. The van der Waals surface area contributed by atoms with Gasteiger partial charge in [-0.05, 0) is 43.3 Å². The molecule has 7 nitrogen and oxygen atoms in total. The molecule has 2 heterocycles. The van der Waals surface area contributed by atoms with E-state index in [0.29, 0.717) is 19.0 Å². The van der Waals surface area contributed by atoms with Crippen LogP contribution < -0.4 is 10.1 Å². The van der Waals surface area contributed by atoms with Gasteiger partial charge in [-0.1, -0.05) is 18.2 Å². The summed E-state index contributed by atoms with van der Waals surface area (Å²) in [5.74, 6) is 1.39. The van der Waals surface area contributed by atoms with Gasteiger partial charge in [0.25, 0.3) is 0 Å². The average Bonchev–Trinajstić information content (AvgIpc) is 3.43. The highest BCUT2D eigenvalue weighted by Gasteiger charge is 2.11. The summed E-state index contributed by atoms with van der Waals surface area (Å²) in [4.78, 5) is 17.0. The van der Waals surface area contributed by atoms with E-state index in [4.69, 9.17) is 4.74 Å². The standard InChI is InChI=1S/C22H21N5O2S/c1-2-29-19-10-8-16(9-11-19)22-25-17(14-30-22)12-21(28)23-13-20-26-24-15-27(20)18-6-4-3-5-7-18/h3-11,14-15H,2,12-13H2,1H3,(H,23,28). The molecule has 152 valence electrons. The second kappa shape index (κ2) is 9.32. The SMILES string of the molecule is CCOc1ccc(-c2nc(CC(=O)NCc3nncn3-c3ccccc3)cs2)cc1. The Kier molecular flexibility index (Phi) is 6.14. The third-order valence-electron chi connectivity index (χ3n) is 4.40. The lowest BCUT2D eigenvalue weighted by Gasteiger charge is -2.07. The minimum atomic E-state index is -0.110.